The minimum Gasteiger partial charge on any atom is -0.383 e. The smallest absolute Gasteiger partial charge is 0.131 e. The van der Waals surface area contributed by atoms with E-state index in [0.29, 0.717) is 5.82 Å². The second kappa shape index (κ2) is 2.37. The number of rotatable bonds is 0. The molecule has 2 heterocycles. The summed E-state index contributed by atoms with van der Waals surface area (Å²) >= 11 is 1.77. The van der Waals surface area contributed by atoms with Gasteiger partial charge in [0.15, 0.2) is 0 Å². The van der Waals surface area contributed by atoms with E-state index >= 15 is 0 Å². The number of nitrogens with zero attached hydrogens (tertiary/aromatic N) is 2. The van der Waals surface area contributed by atoms with E-state index in [-0.39, 0.29) is 0 Å². The molecule has 4 heteroatoms. The Morgan fingerprint density at radius 1 is 1.45 bits per heavy atom. The van der Waals surface area contributed by atoms with E-state index in [9.17, 15) is 0 Å². The van der Waals surface area contributed by atoms with Gasteiger partial charge < -0.3 is 5.73 Å². The molecule has 0 spiro atoms. The third kappa shape index (κ3) is 1.07. The van der Waals surface area contributed by atoms with E-state index in [2.05, 4.69) is 9.97 Å². The van der Waals surface area contributed by atoms with Crippen molar-refractivity contribution in [1.82, 2.24) is 9.97 Å². The van der Waals surface area contributed by atoms with Gasteiger partial charge in [0.1, 0.15) is 16.7 Å². The lowest BCUT2D eigenvalue weighted by Crippen LogP contribution is -2.00. The molecule has 0 saturated carbocycles. The van der Waals surface area contributed by atoms with Crippen LogP contribution >= 0.6 is 11.8 Å². The maximum absolute atomic E-state index is 5.71. The molecule has 0 unspecified atom stereocenters. The van der Waals surface area contributed by atoms with E-state index in [4.69, 9.17) is 5.73 Å². The highest BCUT2D eigenvalue weighted by atomic mass is 32.2. The third-order valence-electron chi connectivity index (χ3n) is 1.70. The number of aryl methyl sites for hydroxylation is 1. The van der Waals surface area contributed by atoms with Crippen molar-refractivity contribution in [2.45, 2.75) is 18.4 Å². The average Bonchev–Trinajstić information content (AvgIpc) is 2.34. The highest BCUT2D eigenvalue weighted by Crippen LogP contribution is 2.31. The number of nitrogens with two attached hydrogens (primary N) is 1. The summed E-state index contributed by atoms with van der Waals surface area (Å²) in [6.07, 6.45) is 1.02. The van der Waals surface area contributed by atoms with E-state index in [1.807, 2.05) is 6.92 Å². The van der Waals surface area contributed by atoms with Gasteiger partial charge in [-0.25, -0.2) is 9.97 Å². The zero-order valence-electron chi connectivity index (χ0n) is 6.29. The van der Waals surface area contributed by atoms with Crippen LogP contribution in [0, 0.1) is 6.92 Å². The summed E-state index contributed by atoms with van der Waals surface area (Å²) in [5.74, 6) is 2.53. The molecule has 0 atom stereocenters. The van der Waals surface area contributed by atoms with Gasteiger partial charge in [-0.05, 0) is 13.3 Å². The molecule has 1 aliphatic heterocycles. The number of anilines is 1. The van der Waals surface area contributed by atoms with Crippen LogP contribution in [0.25, 0.3) is 0 Å². The topological polar surface area (TPSA) is 51.8 Å². The molecule has 0 aliphatic carbocycles. The predicted molar refractivity (Wildman–Crippen MR) is 45.6 cm³/mol. The number of hydrogen-bond acceptors (Lipinski definition) is 4. The molecule has 1 aromatic rings. The van der Waals surface area contributed by atoms with Crippen molar-refractivity contribution in [3.05, 3.63) is 11.4 Å². The fraction of sp³-hybridized carbons (Fsp3) is 0.429. The molecule has 3 nitrogen and oxygen atoms in total. The summed E-state index contributed by atoms with van der Waals surface area (Å²) in [7, 11) is 0. The molecular formula is C7H9N3S. The van der Waals surface area contributed by atoms with Crippen molar-refractivity contribution >= 4 is 17.6 Å². The summed E-state index contributed by atoms with van der Waals surface area (Å²) in [6.45, 7) is 1.87. The van der Waals surface area contributed by atoms with E-state index in [1.54, 1.807) is 11.8 Å². The molecule has 0 bridgehead atoms. The Hall–Kier alpha value is -0.770. The van der Waals surface area contributed by atoms with Gasteiger partial charge in [-0.3, -0.25) is 0 Å². The first-order valence-electron chi connectivity index (χ1n) is 3.53. The zero-order valence-corrected chi connectivity index (χ0v) is 7.11. The lowest BCUT2D eigenvalue weighted by Gasteiger charge is -2.01. The quantitative estimate of drug-likeness (QED) is 0.586. The first-order chi connectivity index (χ1) is 5.27. The SMILES string of the molecule is Cc1nc(N)c2c(n1)SCC2. The van der Waals surface area contributed by atoms with Crippen LogP contribution in [-0.4, -0.2) is 15.7 Å². The van der Waals surface area contributed by atoms with Crippen molar-refractivity contribution in [2.24, 2.45) is 0 Å². The summed E-state index contributed by atoms with van der Waals surface area (Å²) in [6, 6.07) is 0. The number of aromatic nitrogens is 2. The summed E-state index contributed by atoms with van der Waals surface area (Å²) in [4.78, 5) is 8.38. The maximum atomic E-state index is 5.71. The van der Waals surface area contributed by atoms with Crippen LogP contribution in [0.4, 0.5) is 5.82 Å². The molecule has 1 aromatic heterocycles. The number of hydrogen-bond donors (Lipinski definition) is 1. The molecule has 0 aromatic carbocycles. The van der Waals surface area contributed by atoms with Crippen molar-refractivity contribution in [3.8, 4) is 0 Å². The monoisotopic (exact) mass is 167 g/mol. The van der Waals surface area contributed by atoms with E-state index in [0.717, 1.165) is 28.6 Å². The van der Waals surface area contributed by atoms with Gasteiger partial charge >= 0.3 is 0 Å². The fourth-order valence-electron chi connectivity index (χ4n) is 1.19. The second-order valence-electron chi connectivity index (χ2n) is 2.54. The molecule has 11 heavy (non-hydrogen) atoms. The molecule has 0 radical (unpaired) electrons. The van der Waals surface area contributed by atoms with Gasteiger partial charge in [-0.2, -0.15) is 0 Å². The number of fused-ring (bicyclic) bond motifs is 1. The maximum Gasteiger partial charge on any atom is 0.131 e. The third-order valence-corrected chi connectivity index (χ3v) is 2.72. The van der Waals surface area contributed by atoms with Gasteiger partial charge in [-0.15, -0.1) is 11.8 Å². The molecule has 0 fully saturated rings. The summed E-state index contributed by atoms with van der Waals surface area (Å²) < 4.78 is 0. The van der Waals surface area contributed by atoms with Crippen molar-refractivity contribution < 1.29 is 0 Å². The highest BCUT2D eigenvalue weighted by molar-refractivity contribution is 7.99. The lowest BCUT2D eigenvalue weighted by molar-refractivity contribution is 0.937. The van der Waals surface area contributed by atoms with Crippen LogP contribution in [0.5, 0.6) is 0 Å². The number of thioether (sulfide) groups is 1. The van der Waals surface area contributed by atoms with Crippen molar-refractivity contribution in [1.29, 1.82) is 0 Å². The summed E-state index contributed by atoms with van der Waals surface area (Å²) in [5.41, 5.74) is 6.85. The molecule has 58 valence electrons. The Morgan fingerprint density at radius 2 is 2.27 bits per heavy atom. The normalized spacial score (nSPS) is 15.0. The van der Waals surface area contributed by atoms with Crippen LogP contribution in [0.3, 0.4) is 0 Å². The minimum absolute atomic E-state index is 0.664. The molecule has 0 amide bonds. The van der Waals surface area contributed by atoms with E-state index in [1.165, 1.54) is 0 Å². The van der Waals surface area contributed by atoms with Gasteiger partial charge in [0.25, 0.3) is 0 Å². The zero-order chi connectivity index (χ0) is 7.84. The first kappa shape index (κ1) is 6.91. The Morgan fingerprint density at radius 3 is 3.09 bits per heavy atom. The Labute approximate surface area is 69.4 Å². The molecule has 2 rings (SSSR count). The Kier molecular flexibility index (Phi) is 1.49. The molecule has 2 N–H and O–H groups in total. The van der Waals surface area contributed by atoms with Crippen LogP contribution in [0.2, 0.25) is 0 Å². The van der Waals surface area contributed by atoms with Crippen LogP contribution in [-0.2, 0) is 6.42 Å². The van der Waals surface area contributed by atoms with Gasteiger partial charge in [0, 0.05) is 11.3 Å². The largest absolute Gasteiger partial charge is 0.383 e. The van der Waals surface area contributed by atoms with Gasteiger partial charge in [-0.1, -0.05) is 0 Å². The minimum atomic E-state index is 0.664. The molecular weight excluding hydrogens is 158 g/mol. The van der Waals surface area contributed by atoms with Crippen LogP contribution < -0.4 is 5.73 Å². The van der Waals surface area contributed by atoms with E-state index < -0.39 is 0 Å². The van der Waals surface area contributed by atoms with Crippen LogP contribution in [0.1, 0.15) is 11.4 Å². The molecule has 1 aliphatic rings. The highest BCUT2D eigenvalue weighted by Gasteiger charge is 2.16. The summed E-state index contributed by atoms with van der Waals surface area (Å²) in [5, 5.41) is 1.08. The first-order valence-corrected chi connectivity index (χ1v) is 4.52. The number of nitrogen functional groups attached to an aromatic ring is 1. The van der Waals surface area contributed by atoms with Gasteiger partial charge in [0.2, 0.25) is 0 Å². The van der Waals surface area contributed by atoms with Gasteiger partial charge in [0.05, 0.1) is 0 Å². The second-order valence-corrected chi connectivity index (χ2v) is 3.62. The molecule has 0 saturated heterocycles. The van der Waals surface area contributed by atoms with Crippen LogP contribution in [0.15, 0.2) is 5.03 Å². The van der Waals surface area contributed by atoms with Crippen molar-refractivity contribution in [2.75, 3.05) is 11.5 Å². The predicted octanol–water partition coefficient (Wildman–Crippen LogP) is 1.02. The van der Waals surface area contributed by atoms with Crippen molar-refractivity contribution in [3.63, 3.8) is 0 Å². The average molecular weight is 167 g/mol. The fourth-order valence-corrected chi connectivity index (χ4v) is 2.27. The Bertz CT molecular complexity index is 298. The lowest BCUT2D eigenvalue weighted by atomic mass is 10.2. The Balaban J connectivity index is 2.60. The standard InChI is InChI=1S/C7H9N3S/c1-4-9-6(8)5-2-3-11-7(5)10-4/h2-3H2,1H3,(H2,8,9,10).